The number of benzene rings is 1. The van der Waals surface area contributed by atoms with Crippen LogP contribution in [0.25, 0.3) is 0 Å². The van der Waals surface area contributed by atoms with E-state index < -0.39 is 0 Å². The van der Waals surface area contributed by atoms with Gasteiger partial charge in [-0.1, -0.05) is 30.3 Å². The van der Waals surface area contributed by atoms with Crippen molar-refractivity contribution in [2.45, 2.75) is 51.9 Å². The second kappa shape index (κ2) is 6.71. The Kier molecular flexibility index (Phi) is 4.97. The maximum atomic E-state index is 11.8. The first-order valence-electron chi connectivity index (χ1n) is 6.98. The summed E-state index contributed by atoms with van der Waals surface area (Å²) < 4.78 is 11.0. The van der Waals surface area contributed by atoms with Crippen molar-refractivity contribution in [3.8, 4) is 0 Å². The van der Waals surface area contributed by atoms with Crippen molar-refractivity contribution < 1.29 is 14.3 Å². The molecule has 3 heteroatoms. The van der Waals surface area contributed by atoms with Crippen LogP contribution >= 0.6 is 0 Å². The molecule has 0 aromatic heterocycles. The van der Waals surface area contributed by atoms with Gasteiger partial charge in [0, 0.05) is 6.42 Å². The molecule has 1 fully saturated rings. The number of carbonyl (C=O) groups is 1. The lowest BCUT2D eigenvalue weighted by molar-refractivity contribution is -0.148. The summed E-state index contributed by atoms with van der Waals surface area (Å²) in [5.41, 5.74) is 1.03. The third kappa shape index (κ3) is 4.67. The van der Waals surface area contributed by atoms with E-state index in [0.29, 0.717) is 18.9 Å². The van der Waals surface area contributed by atoms with E-state index in [2.05, 4.69) is 13.8 Å². The fourth-order valence-corrected chi connectivity index (χ4v) is 2.74. The van der Waals surface area contributed by atoms with Crippen LogP contribution in [0.3, 0.4) is 0 Å². The van der Waals surface area contributed by atoms with Gasteiger partial charge < -0.3 is 9.47 Å². The Morgan fingerprint density at radius 3 is 2.47 bits per heavy atom. The third-order valence-corrected chi connectivity index (χ3v) is 3.49. The molecule has 3 atom stereocenters. The van der Waals surface area contributed by atoms with E-state index in [1.165, 1.54) is 0 Å². The molecule has 104 valence electrons. The molecule has 3 nitrogen and oxygen atoms in total. The van der Waals surface area contributed by atoms with Crippen molar-refractivity contribution in [3.63, 3.8) is 0 Å². The second-order valence-electron chi connectivity index (χ2n) is 5.45. The summed E-state index contributed by atoms with van der Waals surface area (Å²) in [5, 5.41) is 0. The first-order chi connectivity index (χ1) is 9.13. The second-order valence-corrected chi connectivity index (χ2v) is 5.45. The van der Waals surface area contributed by atoms with Crippen molar-refractivity contribution in [2.75, 3.05) is 0 Å². The molecule has 1 aromatic carbocycles. The lowest BCUT2D eigenvalue weighted by Gasteiger charge is -2.31. The lowest BCUT2D eigenvalue weighted by atomic mass is 9.90. The highest BCUT2D eigenvalue weighted by Crippen LogP contribution is 2.27. The summed E-state index contributed by atoms with van der Waals surface area (Å²) in [6.45, 7) is 4.50. The summed E-state index contributed by atoms with van der Waals surface area (Å²) in [6.07, 6.45) is 2.90. The van der Waals surface area contributed by atoms with Crippen molar-refractivity contribution in [3.05, 3.63) is 35.9 Å². The van der Waals surface area contributed by atoms with E-state index >= 15 is 0 Å². The SMILES string of the molecule is C[C@@H]1CC(CC(=O)OCc2ccccc2)C[C@H](C)O1. The molecule has 0 amide bonds. The largest absolute Gasteiger partial charge is 0.461 e. The minimum atomic E-state index is -0.102. The molecule has 0 saturated carbocycles. The molecular formula is C16H22O3. The minimum Gasteiger partial charge on any atom is -0.461 e. The van der Waals surface area contributed by atoms with Gasteiger partial charge in [0.05, 0.1) is 12.2 Å². The van der Waals surface area contributed by atoms with Crippen LogP contribution in [0.5, 0.6) is 0 Å². The molecule has 19 heavy (non-hydrogen) atoms. The van der Waals surface area contributed by atoms with Crippen LogP contribution in [-0.4, -0.2) is 18.2 Å². The summed E-state index contributed by atoms with van der Waals surface area (Å²) >= 11 is 0. The molecule has 1 aromatic rings. The molecule has 2 rings (SSSR count). The van der Waals surface area contributed by atoms with Crippen LogP contribution in [0.15, 0.2) is 30.3 Å². The zero-order valence-corrected chi connectivity index (χ0v) is 11.7. The zero-order valence-electron chi connectivity index (χ0n) is 11.7. The van der Waals surface area contributed by atoms with Gasteiger partial charge in [-0.3, -0.25) is 4.79 Å². The van der Waals surface area contributed by atoms with Crippen LogP contribution in [0, 0.1) is 5.92 Å². The average molecular weight is 262 g/mol. The fraction of sp³-hybridized carbons (Fsp3) is 0.562. The standard InChI is InChI=1S/C16H22O3/c1-12-8-15(9-13(2)19-12)10-16(17)18-11-14-6-4-3-5-7-14/h3-7,12-13,15H,8-11H2,1-2H3/t12-,13+,15?. The van der Waals surface area contributed by atoms with Crippen LogP contribution < -0.4 is 0 Å². The third-order valence-electron chi connectivity index (χ3n) is 3.49. The number of rotatable bonds is 4. The molecular weight excluding hydrogens is 240 g/mol. The smallest absolute Gasteiger partial charge is 0.306 e. The first kappa shape index (κ1) is 14.1. The fourth-order valence-electron chi connectivity index (χ4n) is 2.74. The van der Waals surface area contributed by atoms with Crippen molar-refractivity contribution in [2.24, 2.45) is 5.92 Å². The molecule has 1 saturated heterocycles. The highest BCUT2D eigenvalue weighted by molar-refractivity contribution is 5.69. The van der Waals surface area contributed by atoms with Gasteiger partial charge in [-0.15, -0.1) is 0 Å². The Morgan fingerprint density at radius 1 is 1.21 bits per heavy atom. The van der Waals surface area contributed by atoms with Gasteiger partial charge in [0.1, 0.15) is 6.61 Å². The molecule has 1 aliphatic rings. The normalized spacial score (nSPS) is 26.9. The number of esters is 1. The molecule has 1 aliphatic heterocycles. The van der Waals surface area contributed by atoms with Gasteiger partial charge in [0.15, 0.2) is 0 Å². The summed E-state index contributed by atoms with van der Waals surface area (Å²) in [5.74, 6) is 0.289. The maximum absolute atomic E-state index is 11.8. The molecule has 0 radical (unpaired) electrons. The highest BCUT2D eigenvalue weighted by atomic mass is 16.5. The number of carbonyl (C=O) groups excluding carboxylic acids is 1. The van der Waals surface area contributed by atoms with Gasteiger partial charge in [0.2, 0.25) is 0 Å². The van der Waals surface area contributed by atoms with E-state index in [9.17, 15) is 4.79 Å². The zero-order chi connectivity index (χ0) is 13.7. The summed E-state index contributed by atoms with van der Waals surface area (Å²) in [4.78, 5) is 11.8. The van der Waals surface area contributed by atoms with E-state index in [1.807, 2.05) is 30.3 Å². The minimum absolute atomic E-state index is 0.102. The Bertz CT molecular complexity index is 392. The number of hydrogen-bond donors (Lipinski definition) is 0. The Morgan fingerprint density at radius 2 is 1.84 bits per heavy atom. The van der Waals surface area contributed by atoms with Gasteiger partial charge in [-0.2, -0.15) is 0 Å². The van der Waals surface area contributed by atoms with E-state index in [1.54, 1.807) is 0 Å². The maximum Gasteiger partial charge on any atom is 0.306 e. The topological polar surface area (TPSA) is 35.5 Å². The monoisotopic (exact) mass is 262 g/mol. The predicted octanol–water partition coefficient (Wildman–Crippen LogP) is 3.32. The highest BCUT2D eigenvalue weighted by Gasteiger charge is 2.26. The Balaban J connectivity index is 1.75. The van der Waals surface area contributed by atoms with Crippen LogP contribution in [0.2, 0.25) is 0 Å². The van der Waals surface area contributed by atoms with E-state index in [4.69, 9.17) is 9.47 Å². The summed E-state index contributed by atoms with van der Waals surface area (Å²) in [7, 11) is 0. The van der Waals surface area contributed by atoms with Gasteiger partial charge in [0.25, 0.3) is 0 Å². The summed E-state index contributed by atoms with van der Waals surface area (Å²) in [6, 6.07) is 9.78. The molecule has 0 spiro atoms. The molecule has 1 heterocycles. The van der Waals surface area contributed by atoms with Gasteiger partial charge in [-0.05, 0) is 38.2 Å². The molecule has 1 unspecified atom stereocenters. The van der Waals surface area contributed by atoms with Crippen molar-refractivity contribution in [1.29, 1.82) is 0 Å². The molecule has 0 aliphatic carbocycles. The van der Waals surface area contributed by atoms with Gasteiger partial charge in [-0.25, -0.2) is 0 Å². The van der Waals surface area contributed by atoms with Crippen LogP contribution in [-0.2, 0) is 20.9 Å². The molecule has 0 bridgehead atoms. The lowest BCUT2D eigenvalue weighted by Crippen LogP contribution is -2.30. The number of hydrogen-bond acceptors (Lipinski definition) is 3. The predicted molar refractivity (Wildman–Crippen MR) is 73.6 cm³/mol. The molecule has 0 N–H and O–H groups in total. The van der Waals surface area contributed by atoms with E-state index in [0.717, 1.165) is 18.4 Å². The van der Waals surface area contributed by atoms with Crippen molar-refractivity contribution >= 4 is 5.97 Å². The Labute approximate surface area is 114 Å². The van der Waals surface area contributed by atoms with Crippen molar-refractivity contribution in [1.82, 2.24) is 0 Å². The quantitative estimate of drug-likeness (QED) is 0.781. The van der Waals surface area contributed by atoms with E-state index in [-0.39, 0.29) is 18.2 Å². The average Bonchev–Trinajstić information content (AvgIpc) is 2.36. The number of ether oxygens (including phenoxy) is 2. The van der Waals surface area contributed by atoms with Crippen LogP contribution in [0.4, 0.5) is 0 Å². The van der Waals surface area contributed by atoms with Crippen LogP contribution in [0.1, 0.15) is 38.7 Å². The Hall–Kier alpha value is -1.35. The first-order valence-corrected chi connectivity index (χ1v) is 6.98. The van der Waals surface area contributed by atoms with Gasteiger partial charge >= 0.3 is 5.97 Å².